The molecule has 1 fully saturated rings. The normalized spacial score (nSPS) is 18.7. The molecule has 0 aromatic carbocycles. The number of carbonyl (C=O) groups is 1. The minimum atomic E-state index is 0.149. The third-order valence-electron chi connectivity index (χ3n) is 3.60. The van der Waals surface area contributed by atoms with Crippen LogP contribution >= 0.6 is 0 Å². The first-order valence-electron chi connectivity index (χ1n) is 6.85. The zero-order valence-electron chi connectivity index (χ0n) is 12.2. The zero-order valence-corrected chi connectivity index (χ0v) is 12.2. The Balaban J connectivity index is 2.11. The average Bonchev–Trinajstić information content (AvgIpc) is 2.77. The molecule has 5 nitrogen and oxygen atoms in total. The summed E-state index contributed by atoms with van der Waals surface area (Å²) in [6, 6.07) is 2.26. The quantitative estimate of drug-likeness (QED) is 0.829. The van der Waals surface area contributed by atoms with Crippen molar-refractivity contribution in [1.82, 2.24) is 14.9 Å². The van der Waals surface area contributed by atoms with Crippen LogP contribution in [0.1, 0.15) is 31.7 Å². The fraction of sp³-hybridized carbons (Fsp3) is 0.643. The van der Waals surface area contributed by atoms with Crippen LogP contribution in [0.15, 0.2) is 6.07 Å². The molecule has 1 aliphatic heterocycles. The van der Waals surface area contributed by atoms with E-state index in [0.717, 1.165) is 43.4 Å². The molecular formula is C14H22N4O. The molecule has 0 spiro atoms. The van der Waals surface area contributed by atoms with Crippen molar-refractivity contribution in [1.29, 1.82) is 0 Å². The second-order valence-electron chi connectivity index (χ2n) is 5.14. The maximum absolute atomic E-state index is 11.6. The predicted molar refractivity (Wildman–Crippen MR) is 75.2 cm³/mol. The summed E-state index contributed by atoms with van der Waals surface area (Å²) in [4.78, 5) is 24.7. The fourth-order valence-electron chi connectivity index (χ4n) is 2.76. The lowest BCUT2D eigenvalue weighted by molar-refractivity contribution is -0.130. The number of amides is 1. The van der Waals surface area contributed by atoms with Gasteiger partial charge in [0.05, 0.1) is 6.04 Å². The lowest BCUT2D eigenvalue weighted by Crippen LogP contribution is -2.40. The van der Waals surface area contributed by atoms with Crippen LogP contribution in [0, 0.1) is 13.8 Å². The summed E-state index contributed by atoms with van der Waals surface area (Å²) in [5.41, 5.74) is 1.98. The SMILES string of the molecule is CCN(C(C)=O)C1CCN(c2nc(C)cc(C)n2)C1. The molecule has 1 aromatic heterocycles. The van der Waals surface area contributed by atoms with E-state index in [-0.39, 0.29) is 11.9 Å². The summed E-state index contributed by atoms with van der Waals surface area (Å²) in [5, 5.41) is 0. The molecule has 1 saturated heterocycles. The monoisotopic (exact) mass is 262 g/mol. The molecule has 1 unspecified atom stereocenters. The van der Waals surface area contributed by atoms with E-state index in [0.29, 0.717) is 0 Å². The van der Waals surface area contributed by atoms with Gasteiger partial charge in [0.2, 0.25) is 11.9 Å². The Bertz CT molecular complexity index is 454. The first kappa shape index (κ1) is 13.8. The molecule has 19 heavy (non-hydrogen) atoms. The first-order chi connectivity index (χ1) is 9.01. The predicted octanol–water partition coefficient (Wildman–Crippen LogP) is 1.54. The van der Waals surface area contributed by atoms with Crippen LogP contribution in [0.4, 0.5) is 5.95 Å². The number of aromatic nitrogens is 2. The minimum absolute atomic E-state index is 0.149. The Morgan fingerprint density at radius 1 is 1.42 bits per heavy atom. The number of likely N-dealkylation sites (N-methyl/N-ethyl adjacent to an activating group) is 1. The van der Waals surface area contributed by atoms with Crippen molar-refractivity contribution in [3.8, 4) is 0 Å². The van der Waals surface area contributed by atoms with E-state index in [9.17, 15) is 4.79 Å². The lowest BCUT2D eigenvalue weighted by atomic mass is 10.2. The molecule has 5 heteroatoms. The largest absolute Gasteiger partial charge is 0.339 e. The van der Waals surface area contributed by atoms with Gasteiger partial charge in [0.25, 0.3) is 0 Å². The highest BCUT2D eigenvalue weighted by molar-refractivity contribution is 5.73. The van der Waals surface area contributed by atoms with E-state index in [4.69, 9.17) is 0 Å². The topological polar surface area (TPSA) is 49.3 Å². The Hall–Kier alpha value is -1.65. The van der Waals surface area contributed by atoms with Crippen LogP contribution in [0.2, 0.25) is 0 Å². The van der Waals surface area contributed by atoms with Crippen LogP contribution in [-0.2, 0) is 4.79 Å². The molecule has 0 bridgehead atoms. The fourth-order valence-corrected chi connectivity index (χ4v) is 2.76. The van der Waals surface area contributed by atoms with Crippen LogP contribution in [0.5, 0.6) is 0 Å². The molecule has 2 rings (SSSR count). The van der Waals surface area contributed by atoms with Crippen LogP contribution in [0.25, 0.3) is 0 Å². The van der Waals surface area contributed by atoms with Crippen LogP contribution in [-0.4, -0.2) is 46.5 Å². The lowest BCUT2D eigenvalue weighted by Gasteiger charge is -2.26. The first-order valence-corrected chi connectivity index (χ1v) is 6.85. The van der Waals surface area contributed by atoms with E-state index in [1.807, 2.05) is 31.7 Å². The van der Waals surface area contributed by atoms with Gasteiger partial charge >= 0.3 is 0 Å². The van der Waals surface area contributed by atoms with Gasteiger partial charge in [-0.25, -0.2) is 9.97 Å². The highest BCUT2D eigenvalue weighted by Gasteiger charge is 2.29. The van der Waals surface area contributed by atoms with E-state index >= 15 is 0 Å². The molecule has 1 aliphatic rings. The highest BCUT2D eigenvalue weighted by Crippen LogP contribution is 2.20. The van der Waals surface area contributed by atoms with Gasteiger partial charge in [0.1, 0.15) is 0 Å². The molecule has 1 aromatic rings. The summed E-state index contributed by atoms with van der Waals surface area (Å²) in [5.74, 6) is 0.940. The maximum atomic E-state index is 11.6. The number of rotatable bonds is 3. The van der Waals surface area contributed by atoms with Crippen LogP contribution in [0.3, 0.4) is 0 Å². The van der Waals surface area contributed by atoms with Gasteiger partial charge in [-0.3, -0.25) is 4.79 Å². The smallest absolute Gasteiger partial charge is 0.225 e. The number of hydrogen-bond acceptors (Lipinski definition) is 4. The van der Waals surface area contributed by atoms with Gasteiger partial charge in [0.15, 0.2) is 0 Å². The summed E-state index contributed by atoms with van der Waals surface area (Å²) in [6.07, 6.45) is 0.990. The van der Waals surface area contributed by atoms with Gasteiger partial charge in [-0.05, 0) is 33.3 Å². The molecule has 0 saturated carbocycles. The number of aryl methyl sites for hydroxylation is 2. The third-order valence-corrected chi connectivity index (χ3v) is 3.60. The van der Waals surface area contributed by atoms with Gasteiger partial charge in [-0.2, -0.15) is 0 Å². The van der Waals surface area contributed by atoms with Gasteiger partial charge in [-0.1, -0.05) is 0 Å². The molecule has 2 heterocycles. The zero-order chi connectivity index (χ0) is 14.0. The Morgan fingerprint density at radius 2 is 2.05 bits per heavy atom. The molecule has 0 N–H and O–H groups in total. The average molecular weight is 262 g/mol. The van der Waals surface area contributed by atoms with Gasteiger partial charge in [0, 0.05) is 37.9 Å². The van der Waals surface area contributed by atoms with E-state index in [1.165, 1.54) is 0 Å². The summed E-state index contributed by atoms with van der Waals surface area (Å²) >= 11 is 0. The van der Waals surface area contributed by atoms with Crippen LogP contribution < -0.4 is 4.90 Å². The maximum Gasteiger partial charge on any atom is 0.225 e. The van der Waals surface area contributed by atoms with Crippen molar-refractivity contribution in [2.75, 3.05) is 24.5 Å². The molecule has 1 amide bonds. The summed E-state index contributed by atoms with van der Waals surface area (Å²) < 4.78 is 0. The Labute approximate surface area is 114 Å². The Morgan fingerprint density at radius 3 is 2.58 bits per heavy atom. The van der Waals surface area contributed by atoms with Crippen molar-refractivity contribution >= 4 is 11.9 Å². The van der Waals surface area contributed by atoms with E-state index in [2.05, 4.69) is 14.9 Å². The van der Waals surface area contributed by atoms with E-state index in [1.54, 1.807) is 6.92 Å². The third kappa shape index (κ3) is 3.03. The van der Waals surface area contributed by atoms with Crippen molar-refractivity contribution in [2.45, 2.75) is 40.2 Å². The van der Waals surface area contributed by atoms with Crippen molar-refractivity contribution in [3.05, 3.63) is 17.5 Å². The van der Waals surface area contributed by atoms with Gasteiger partial charge < -0.3 is 9.80 Å². The second kappa shape index (κ2) is 5.55. The number of anilines is 1. The molecule has 0 radical (unpaired) electrons. The molecule has 1 atom stereocenters. The standard InChI is InChI=1S/C14H22N4O/c1-5-18(12(4)19)13-6-7-17(9-13)14-15-10(2)8-11(3)16-14/h8,13H,5-7,9H2,1-4H3. The molecule has 104 valence electrons. The van der Waals surface area contributed by atoms with Crippen molar-refractivity contribution in [3.63, 3.8) is 0 Å². The molecule has 0 aliphatic carbocycles. The van der Waals surface area contributed by atoms with E-state index < -0.39 is 0 Å². The Kier molecular flexibility index (Phi) is 4.02. The summed E-state index contributed by atoms with van der Waals surface area (Å²) in [6.45, 7) is 10.1. The van der Waals surface area contributed by atoms with Crippen molar-refractivity contribution in [2.24, 2.45) is 0 Å². The summed E-state index contributed by atoms with van der Waals surface area (Å²) in [7, 11) is 0. The number of carbonyl (C=O) groups excluding carboxylic acids is 1. The minimum Gasteiger partial charge on any atom is -0.339 e. The number of nitrogens with zero attached hydrogens (tertiary/aromatic N) is 4. The molecular weight excluding hydrogens is 240 g/mol. The van der Waals surface area contributed by atoms with Gasteiger partial charge in [-0.15, -0.1) is 0 Å². The van der Waals surface area contributed by atoms with Crippen molar-refractivity contribution < 1.29 is 4.79 Å². The number of hydrogen-bond donors (Lipinski definition) is 0. The second-order valence-corrected chi connectivity index (χ2v) is 5.14. The highest BCUT2D eigenvalue weighted by atomic mass is 16.2.